The molecular formula is C15H14Cl3NO. The van der Waals surface area contributed by atoms with E-state index >= 15 is 0 Å². The number of rotatable bonds is 4. The van der Waals surface area contributed by atoms with Gasteiger partial charge in [0.2, 0.25) is 0 Å². The molecule has 106 valence electrons. The maximum absolute atomic E-state index is 6.25. The summed E-state index contributed by atoms with van der Waals surface area (Å²) in [5, 5.41) is 1.83. The highest BCUT2D eigenvalue weighted by Crippen LogP contribution is 2.32. The topological polar surface area (TPSA) is 35.2 Å². The SMILES string of the molecule is COc1cc(Cl)ccc1C(N)Cc1c(Cl)cccc1Cl. The molecule has 2 aromatic carbocycles. The van der Waals surface area contributed by atoms with Crippen molar-refractivity contribution < 1.29 is 4.74 Å². The van der Waals surface area contributed by atoms with E-state index in [0.29, 0.717) is 27.2 Å². The van der Waals surface area contributed by atoms with Crippen LogP contribution in [0, 0.1) is 0 Å². The molecule has 0 heterocycles. The Morgan fingerprint density at radius 3 is 2.35 bits per heavy atom. The van der Waals surface area contributed by atoms with Gasteiger partial charge in [0.25, 0.3) is 0 Å². The minimum atomic E-state index is -0.278. The van der Waals surface area contributed by atoms with Gasteiger partial charge in [-0.05, 0) is 36.2 Å². The molecular weight excluding hydrogens is 317 g/mol. The molecule has 5 heteroatoms. The highest BCUT2D eigenvalue weighted by molar-refractivity contribution is 6.36. The van der Waals surface area contributed by atoms with Gasteiger partial charge in [-0.2, -0.15) is 0 Å². The Bertz CT molecular complexity index is 596. The highest BCUT2D eigenvalue weighted by Gasteiger charge is 2.16. The Labute approximate surface area is 133 Å². The number of hydrogen-bond donors (Lipinski definition) is 1. The molecule has 2 nitrogen and oxygen atoms in total. The number of benzene rings is 2. The van der Waals surface area contributed by atoms with Crippen molar-refractivity contribution in [1.29, 1.82) is 0 Å². The third-order valence-electron chi connectivity index (χ3n) is 3.08. The predicted molar refractivity (Wildman–Crippen MR) is 85.1 cm³/mol. The standard InChI is InChI=1S/C15H14Cl3NO/c1-20-15-7-9(16)5-6-10(15)14(19)8-11-12(17)3-2-4-13(11)18/h2-7,14H,8,19H2,1H3. The van der Waals surface area contributed by atoms with Crippen LogP contribution in [0.15, 0.2) is 36.4 Å². The van der Waals surface area contributed by atoms with Gasteiger partial charge in [0.05, 0.1) is 7.11 Å². The maximum atomic E-state index is 6.25. The van der Waals surface area contributed by atoms with Crippen molar-refractivity contribution in [3.05, 3.63) is 62.6 Å². The minimum Gasteiger partial charge on any atom is -0.496 e. The average molecular weight is 331 g/mol. The van der Waals surface area contributed by atoms with Crippen LogP contribution in [-0.2, 0) is 6.42 Å². The second-order valence-corrected chi connectivity index (χ2v) is 5.65. The fourth-order valence-electron chi connectivity index (χ4n) is 2.05. The first-order chi connectivity index (χ1) is 9.52. The van der Waals surface area contributed by atoms with Crippen LogP contribution in [0.4, 0.5) is 0 Å². The zero-order chi connectivity index (χ0) is 14.7. The van der Waals surface area contributed by atoms with Crippen molar-refractivity contribution in [2.75, 3.05) is 7.11 Å². The molecule has 0 amide bonds. The molecule has 0 saturated carbocycles. The molecule has 2 aromatic rings. The molecule has 2 N–H and O–H groups in total. The van der Waals surface area contributed by atoms with E-state index in [1.54, 1.807) is 31.4 Å². The van der Waals surface area contributed by atoms with Crippen LogP contribution in [0.5, 0.6) is 5.75 Å². The first-order valence-electron chi connectivity index (χ1n) is 6.05. The number of halogens is 3. The lowest BCUT2D eigenvalue weighted by Gasteiger charge is -2.17. The number of nitrogens with two attached hydrogens (primary N) is 1. The molecule has 1 unspecified atom stereocenters. The lowest BCUT2D eigenvalue weighted by molar-refractivity contribution is 0.405. The first kappa shape index (κ1) is 15.5. The molecule has 20 heavy (non-hydrogen) atoms. The van der Waals surface area contributed by atoms with Crippen molar-refractivity contribution in [2.24, 2.45) is 5.73 Å². The van der Waals surface area contributed by atoms with Gasteiger partial charge >= 0.3 is 0 Å². The van der Waals surface area contributed by atoms with E-state index < -0.39 is 0 Å². The van der Waals surface area contributed by atoms with E-state index in [2.05, 4.69) is 0 Å². The van der Waals surface area contributed by atoms with Crippen LogP contribution in [-0.4, -0.2) is 7.11 Å². The van der Waals surface area contributed by atoms with Crippen molar-refractivity contribution in [1.82, 2.24) is 0 Å². The summed E-state index contributed by atoms with van der Waals surface area (Å²) in [6.07, 6.45) is 0.524. The molecule has 0 aromatic heterocycles. The van der Waals surface area contributed by atoms with Crippen LogP contribution >= 0.6 is 34.8 Å². The smallest absolute Gasteiger partial charge is 0.125 e. The summed E-state index contributed by atoms with van der Waals surface area (Å²) in [7, 11) is 1.59. The number of methoxy groups -OCH3 is 1. The normalized spacial score (nSPS) is 12.2. The maximum Gasteiger partial charge on any atom is 0.125 e. The van der Waals surface area contributed by atoms with Crippen molar-refractivity contribution in [3.63, 3.8) is 0 Å². The van der Waals surface area contributed by atoms with Gasteiger partial charge in [-0.3, -0.25) is 0 Å². The Kier molecular flexibility index (Phi) is 5.17. The molecule has 0 saturated heterocycles. The van der Waals surface area contributed by atoms with E-state index in [4.69, 9.17) is 45.3 Å². The monoisotopic (exact) mass is 329 g/mol. The molecule has 0 spiro atoms. The largest absolute Gasteiger partial charge is 0.496 e. The van der Waals surface area contributed by atoms with Crippen molar-refractivity contribution in [2.45, 2.75) is 12.5 Å². The van der Waals surface area contributed by atoms with E-state index in [0.717, 1.165) is 11.1 Å². The molecule has 0 fully saturated rings. The Hall–Kier alpha value is -0.930. The zero-order valence-corrected chi connectivity index (χ0v) is 13.1. The van der Waals surface area contributed by atoms with Crippen LogP contribution in [0.2, 0.25) is 15.1 Å². The lowest BCUT2D eigenvalue weighted by atomic mass is 9.99. The summed E-state index contributed by atoms with van der Waals surface area (Å²) < 4.78 is 5.32. The molecule has 0 bridgehead atoms. The van der Waals surface area contributed by atoms with E-state index in [1.807, 2.05) is 12.1 Å². The van der Waals surface area contributed by atoms with E-state index in [-0.39, 0.29) is 6.04 Å². The Morgan fingerprint density at radius 1 is 1.10 bits per heavy atom. The van der Waals surface area contributed by atoms with Gasteiger partial charge in [-0.15, -0.1) is 0 Å². The van der Waals surface area contributed by atoms with Crippen LogP contribution < -0.4 is 10.5 Å². The van der Waals surface area contributed by atoms with Gasteiger partial charge < -0.3 is 10.5 Å². The Balaban J connectivity index is 2.31. The Morgan fingerprint density at radius 2 is 1.75 bits per heavy atom. The van der Waals surface area contributed by atoms with Crippen LogP contribution in [0.3, 0.4) is 0 Å². The second-order valence-electron chi connectivity index (χ2n) is 4.40. The molecule has 0 aliphatic heterocycles. The third-order valence-corrected chi connectivity index (χ3v) is 4.02. The zero-order valence-electron chi connectivity index (χ0n) is 10.9. The quantitative estimate of drug-likeness (QED) is 0.865. The van der Waals surface area contributed by atoms with Crippen molar-refractivity contribution >= 4 is 34.8 Å². The fraction of sp³-hybridized carbons (Fsp3) is 0.200. The molecule has 0 aliphatic rings. The molecule has 0 aliphatic carbocycles. The van der Waals surface area contributed by atoms with Gasteiger partial charge in [-0.1, -0.05) is 46.9 Å². The predicted octanol–water partition coefficient (Wildman–Crippen LogP) is 4.90. The van der Waals surface area contributed by atoms with Gasteiger partial charge in [0.1, 0.15) is 5.75 Å². The van der Waals surface area contributed by atoms with Crippen LogP contribution in [0.25, 0.3) is 0 Å². The summed E-state index contributed by atoms with van der Waals surface area (Å²) in [5.41, 5.74) is 7.95. The summed E-state index contributed by atoms with van der Waals surface area (Å²) >= 11 is 18.3. The highest BCUT2D eigenvalue weighted by atomic mass is 35.5. The summed E-state index contributed by atoms with van der Waals surface area (Å²) in [4.78, 5) is 0. The summed E-state index contributed by atoms with van der Waals surface area (Å²) in [6.45, 7) is 0. The van der Waals surface area contributed by atoms with Gasteiger partial charge in [0, 0.05) is 26.7 Å². The minimum absolute atomic E-state index is 0.278. The van der Waals surface area contributed by atoms with E-state index in [9.17, 15) is 0 Å². The number of hydrogen-bond acceptors (Lipinski definition) is 2. The molecule has 0 radical (unpaired) electrons. The first-order valence-corrected chi connectivity index (χ1v) is 7.18. The van der Waals surface area contributed by atoms with Gasteiger partial charge in [0.15, 0.2) is 0 Å². The van der Waals surface area contributed by atoms with Crippen LogP contribution in [0.1, 0.15) is 17.2 Å². The summed E-state index contributed by atoms with van der Waals surface area (Å²) in [5.74, 6) is 0.660. The van der Waals surface area contributed by atoms with Gasteiger partial charge in [-0.25, -0.2) is 0 Å². The second kappa shape index (κ2) is 6.68. The lowest BCUT2D eigenvalue weighted by Crippen LogP contribution is -2.15. The average Bonchev–Trinajstić information content (AvgIpc) is 2.42. The fourth-order valence-corrected chi connectivity index (χ4v) is 2.76. The number of ether oxygens (including phenoxy) is 1. The molecule has 1 atom stereocenters. The van der Waals surface area contributed by atoms with Crippen molar-refractivity contribution in [3.8, 4) is 5.75 Å². The summed E-state index contributed by atoms with van der Waals surface area (Å²) in [6, 6.07) is 10.5. The van der Waals surface area contributed by atoms with E-state index in [1.165, 1.54) is 0 Å². The third kappa shape index (κ3) is 3.39. The molecule has 2 rings (SSSR count).